The highest BCUT2D eigenvalue weighted by Crippen LogP contribution is 2.52. The maximum atomic E-state index is 13.6. The minimum absolute atomic E-state index is 0.0513. The maximum absolute atomic E-state index is 13.6. The summed E-state index contributed by atoms with van der Waals surface area (Å²) in [5.74, 6) is -0.157. The molecule has 4 rings (SSSR count). The van der Waals surface area contributed by atoms with Gasteiger partial charge in [0, 0.05) is 29.9 Å². The van der Waals surface area contributed by atoms with Crippen LogP contribution in [0.4, 0.5) is 5.69 Å². The Bertz CT molecular complexity index is 1030. The van der Waals surface area contributed by atoms with Crippen molar-refractivity contribution in [2.45, 2.75) is 39.2 Å². The second-order valence-corrected chi connectivity index (χ2v) is 11.4. The van der Waals surface area contributed by atoms with Crippen LogP contribution in [0.1, 0.15) is 37.1 Å². The van der Waals surface area contributed by atoms with Crippen LogP contribution in [0, 0.1) is 16.7 Å². The molecule has 0 bridgehead atoms. The molecule has 0 saturated carbocycles. The van der Waals surface area contributed by atoms with E-state index >= 15 is 0 Å². The Labute approximate surface area is 183 Å². The zero-order valence-electron chi connectivity index (χ0n) is 16.9. The van der Waals surface area contributed by atoms with Crippen molar-refractivity contribution in [3.8, 4) is 11.1 Å². The maximum Gasteiger partial charge on any atom is 0.282 e. The lowest BCUT2D eigenvalue weighted by atomic mass is 9.86. The first-order chi connectivity index (χ1) is 13.7. The Morgan fingerprint density at radius 1 is 1.28 bits per heavy atom. The van der Waals surface area contributed by atoms with Crippen LogP contribution >= 0.6 is 32.9 Å². The number of rotatable bonds is 3. The third kappa shape index (κ3) is 3.56. The fourth-order valence-corrected chi connectivity index (χ4v) is 7.85. The van der Waals surface area contributed by atoms with Crippen LogP contribution in [0.2, 0.25) is 0 Å². The van der Waals surface area contributed by atoms with Crippen molar-refractivity contribution in [2.75, 3.05) is 24.5 Å². The number of hydrogen-bond donors (Lipinski definition) is 2. The lowest BCUT2D eigenvalue weighted by molar-refractivity contribution is -0.897. The second-order valence-electron chi connectivity index (χ2n) is 8.57. The van der Waals surface area contributed by atoms with Gasteiger partial charge in [0.1, 0.15) is 3.82 Å². The number of fused-ring (bicyclic) bond motifs is 3. The standard InChI is InChI=1S/C21H25N3O2S3/c1-12-4-5-15-14(10-12)17-18(28-29-20(17)27)21(2,3)24(15)16(25)11-23-8-6-13(7-9-23)19(22)26/h4-5,10,13H,6-9,11H2,1-3H3,(H2,22,26)/p+1. The number of primary amides is 1. The Morgan fingerprint density at radius 2 is 1.97 bits per heavy atom. The zero-order chi connectivity index (χ0) is 20.9. The number of benzene rings is 1. The van der Waals surface area contributed by atoms with Gasteiger partial charge in [-0.3, -0.25) is 14.5 Å². The third-order valence-electron chi connectivity index (χ3n) is 6.15. The van der Waals surface area contributed by atoms with Gasteiger partial charge in [0.05, 0.1) is 29.2 Å². The van der Waals surface area contributed by atoms with Crippen LogP contribution < -0.4 is 15.5 Å². The van der Waals surface area contributed by atoms with Gasteiger partial charge in [-0.2, -0.15) is 0 Å². The number of quaternary nitrogens is 1. The van der Waals surface area contributed by atoms with E-state index in [2.05, 4.69) is 39.0 Å². The average molecular weight is 449 g/mol. The molecule has 8 heteroatoms. The minimum atomic E-state index is -0.447. The van der Waals surface area contributed by atoms with Crippen molar-refractivity contribution < 1.29 is 14.5 Å². The molecule has 1 aromatic heterocycles. The van der Waals surface area contributed by atoms with E-state index in [-0.39, 0.29) is 17.7 Å². The smallest absolute Gasteiger partial charge is 0.282 e. The number of carbonyl (C=O) groups excluding carboxylic acids is 2. The Kier molecular flexibility index (Phi) is 5.40. The molecule has 0 atom stereocenters. The van der Waals surface area contributed by atoms with Crippen LogP contribution in [-0.2, 0) is 15.1 Å². The van der Waals surface area contributed by atoms with Crippen LogP contribution in [0.5, 0.6) is 0 Å². The first-order valence-corrected chi connectivity index (χ1v) is 12.5. The topological polar surface area (TPSA) is 67.8 Å². The molecule has 1 saturated heterocycles. The monoisotopic (exact) mass is 448 g/mol. The number of amides is 2. The fourth-order valence-electron chi connectivity index (χ4n) is 4.57. The summed E-state index contributed by atoms with van der Waals surface area (Å²) in [6.07, 6.45) is 1.51. The number of nitrogens with one attached hydrogen (secondary N) is 1. The number of anilines is 1. The van der Waals surface area contributed by atoms with Crippen molar-refractivity contribution in [3.63, 3.8) is 0 Å². The van der Waals surface area contributed by atoms with E-state index in [1.807, 2.05) is 4.90 Å². The summed E-state index contributed by atoms with van der Waals surface area (Å²) in [5, 5.41) is 0. The van der Waals surface area contributed by atoms with Gasteiger partial charge in [0.15, 0.2) is 6.54 Å². The summed E-state index contributed by atoms with van der Waals surface area (Å²) < 4.78 is 0.899. The van der Waals surface area contributed by atoms with Crippen molar-refractivity contribution in [1.29, 1.82) is 0 Å². The second kappa shape index (κ2) is 7.58. The van der Waals surface area contributed by atoms with E-state index in [4.69, 9.17) is 18.0 Å². The normalized spacial score (nSPS) is 22.7. The number of likely N-dealkylation sites (tertiary alicyclic amines) is 1. The van der Waals surface area contributed by atoms with Gasteiger partial charge in [-0.25, -0.2) is 0 Å². The molecule has 0 unspecified atom stereocenters. The minimum Gasteiger partial charge on any atom is -0.369 e. The molecule has 0 spiro atoms. The summed E-state index contributed by atoms with van der Waals surface area (Å²) in [6.45, 7) is 8.32. The van der Waals surface area contributed by atoms with E-state index in [0.29, 0.717) is 6.54 Å². The molecule has 2 amide bonds. The predicted octanol–water partition coefficient (Wildman–Crippen LogP) is 2.88. The lowest BCUT2D eigenvalue weighted by Crippen LogP contribution is -3.14. The van der Waals surface area contributed by atoms with Crippen LogP contribution in [0.25, 0.3) is 11.1 Å². The quantitative estimate of drug-likeness (QED) is 0.560. The highest BCUT2D eigenvalue weighted by atomic mass is 32.9. The summed E-state index contributed by atoms with van der Waals surface area (Å²) in [4.78, 5) is 29.3. The first-order valence-electron chi connectivity index (χ1n) is 9.90. The van der Waals surface area contributed by atoms with Crippen molar-refractivity contribution in [2.24, 2.45) is 11.7 Å². The van der Waals surface area contributed by atoms with E-state index in [1.54, 1.807) is 20.7 Å². The van der Waals surface area contributed by atoms with E-state index in [0.717, 1.165) is 52.1 Å². The van der Waals surface area contributed by atoms with Crippen molar-refractivity contribution in [3.05, 3.63) is 32.5 Å². The Balaban J connectivity index is 1.66. The summed E-state index contributed by atoms with van der Waals surface area (Å²) in [6, 6.07) is 6.26. The number of nitrogens with two attached hydrogens (primary N) is 1. The molecule has 0 radical (unpaired) electrons. The molecular formula is C21H26N3O2S3+. The molecule has 3 heterocycles. The van der Waals surface area contributed by atoms with Gasteiger partial charge < -0.3 is 10.6 Å². The third-order valence-corrected chi connectivity index (χ3v) is 9.48. The summed E-state index contributed by atoms with van der Waals surface area (Å²) in [5.41, 5.74) is 9.30. The van der Waals surface area contributed by atoms with E-state index in [1.165, 1.54) is 9.78 Å². The number of hydrogen-bond acceptors (Lipinski definition) is 5. The molecule has 1 aromatic carbocycles. The number of carbonyl (C=O) groups is 2. The van der Waals surface area contributed by atoms with E-state index < -0.39 is 5.54 Å². The fraction of sp³-hybridized carbons (Fsp3) is 0.476. The Morgan fingerprint density at radius 3 is 2.62 bits per heavy atom. The van der Waals surface area contributed by atoms with Gasteiger partial charge in [0.25, 0.3) is 5.91 Å². The highest BCUT2D eigenvalue weighted by Gasteiger charge is 2.44. The van der Waals surface area contributed by atoms with E-state index in [9.17, 15) is 9.59 Å². The van der Waals surface area contributed by atoms with Crippen LogP contribution in [0.15, 0.2) is 18.2 Å². The predicted molar refractivity (Wildman–Crippen MR) is 121 cm³/mol. The summed E-state index contributed by atoms with van der Waals surface area (Å²) in [7, 11) is 3.30. The molecule has 5 nitrogen and oxygen atoms in total. The molecule has 2 aliphatic heterocycles. The van der Waals surface area contributed by atoms with Crippen LogP contribution in [0.3, 0.4) is 0 Å². The van der Waals surface area contributed by atoms with Crippen molar-refractivity contribution in [1.82, 2.24) is 0 Å². The largest absolute Gasteiger partial charge is 0.369 e. The van der Waals surface area contributed by atoms with Gasteiger partial charge in [0.2, 0.25) is 5.91 Å². The van der Waals surface area contributed by atoms with Gasteiger partial charge in [-0.15, -0.1) is 0 Å². The molecule has 154 valence electrons. The molecular weight excluding hydrogens is 422 g/mol. The molecule has 29 heavy (non-hydrogen) atoms. The number of piperidine rings is 1. The first kappa shape index (κ1) is 20.7. The molecule has 0 aliphatic carbocycles. The van der Waals surface area contributed by atoms with Crippen molar-refractivity contribution >= 4 is 50.4 Å². The van der Waals surface area contributed by atoms with Gasteiger partial charge in [-0.05, 0) is 32.9 Å². The lowest BCUT2D eigenvalue weighted by Gasteiger charge is -2.43. The zero-order valence-corrected chi connectivity index (χ0v) is 19.4. The molecule has 3 N–H and O–H groups in total. The molecule has 2 aliphatic rings. The number of aryl methyl sites for hydroxylation is 1. The van der Waals surface area contributed by atoms with Gasteiger partial charge >= 0.3 is 0 Å². The SMILES string of the molecule is Cc1ccc2c(c1)-c1c(ssc1=S)C(C)(C)N2C(=O)C[NH+]1CCC(C(N)=O)CC1. The average Bonchev–Trinajstić information content (AvgIpc) is 3.05. The summed E-state index contributed by atoms with van der Waals surface area (Å²) >= 11 is 5.65. The molecule has 2 aromatic rings. The Hall–Kier alpha value is -1.61. The van der Waals surface area contributed by atoms with Gasteiger partial charge in [-0.1, -0.05) is 44.5 Å². The molecule has 1 fully saturated rings. The number of nitrogens with zero attached hydrogens (tertiary/aromatic N) is 1. The van der Waals surface area contributed by atoms with Crippen LogP contribution in [-0.4, -0.2) is 31.4 Å². The highest BCUT2D eigenvalue weighted by molar-refractivity contribution is 7.80.